The zero-order chi connectivity index (χ0) is 32.3. The first-order valence-corrected chi connectivity index (χ1v) is 16.4. The summed E-state index contributed by atoms with van der Waals surface area (Å²) >= 11 is 0. The molecular weight excluding hydrogens is 556 g/mol. The molecule has 45 heavy (non-hydrogen) atoms. The predicted octanol–water partition coefficient (Wildman–Crippen LogP) is 9.29. The van der Waals surface area contributed by atoms with Gasteiger partial charge < -0.3 is 14.2 Å². The first-order chi connectivity index (χ1) is 21.7. The van der Waals surface area contributed by atoms with E-state index < -0.39 is 0 Å². The lowest BCUT2D eigenvalue weighted by molar-refractivity contribution is 0.142. The van der Waals surface area contributed by atoms with Crippen molar-refractivity contribution in [2.45, 2.75) is 80.6 Å². The summed E-state index contributed by atoms with van der Waals surface area (Å²) in [6.07, 6.45) is 0. The van der Waals surface area contributed by atoms with Crippen LogP contribution in [-0.4, -0.2) is 48.2 Å². The highest BCUT2D eigenvalue weighted by atomic mass is 16.5. The van der Waals surface area contributed by atoms with Crippen LogP contribution in [0.15, 0.2) is 84.9 Å². The normalized spacial score (nSPS) is 12.8. The lowest BCUT2D eigenvalue weighted by atomic mass is 10.1. The molecule has 4 rings (SSSR count). The fraction of sp³-hybridized carbons (Fsp3) is 0.400. The molecule has 0 saturated carbocycles. The minimum absolute atomic E-state index is 0.236. The molecule has 4 aromatic carbocycles. The Kier molecular flexibility index (Phi) is 12.5. The SMILES string of the molecule is CCN(Cc1ccccc1Oc1ccccc1CN(CC)C(C)COc1c(C)cccc1C)C(C)COc1c(C)cccc1C. The van der Waals surface area contributed by atoms with Gasteiger partial charge in [0.25, 0.3) is 0 Å². The highest BCUT2D eigenvalue weighted by Crippen LogP contribution is 2.31. The Hall–Kier alpha value is -3.80. The Morgan fingerprint density at radius 2 is 0.867 bits per heavy atom. The molecule has 0 aliphatic carbocycles. The van der Waals surface area contributed by atoms with Crippen LogP contribution in [0.1, 0.15) is 61.1 Å². The maximum absolute atomic E-state index is 6.70. The number of hydrogen-bond acceptors (Lipinski definition) is 5. The Balaban J connectivity index is 1.43. The van der Waals surface area contributed by atoms with Gasteiger partial charge in [0.05, 0.1) is 0 Å². The molecule has 5 heteroatoms. The molecule has 5 nitrogen and oxygen atoms in total. The van der Waals surface area contributed by atoms with Crippen molar-refractivity contribution in [1.29, 1.82) is 0 Å². The fourth-order valence-corrected chi connectivity index (χ4v) is 5.86. The summed E-state index contributed by atoms with van der Waals surface area (Å²) in [6.45, 7) is 22.0. The van der Waals surface area contributed by atoms with Crippen LogP contribution in [0.2, 0.25) is 0 Å². The second-order valence-corrected chi connectivity index (χ2v) is 12.2. The number of benzene rings is 4. The van der Waals surface area contributed by atoms with Crippen LogP contribution in [0.4, 0.5) is 0 Å². The lowest BCUT2D eigenvalue weighted by Gasteiger charge is -2.30. The quantitative estimate of drug-likeness (QED) is 0.127. The zero-order valence-electron chi connectivity index (χ0n) is 28.6. The maximum atomic E-state index is 6.70. The van der Waals surface area contributed by atoms with E-state index in [1.165, 1.54) is 22.3 Å². The Labute approximate surface area is 271 Å². The molecule has 0 N–H and O–H groups in total. The van der Waals surface area contributed by atoms with Crippen LogP contribution in [-0.2, 0) is 13.1 Å². The molecule has 240 valence electrons. The van der Waals surface area contributed by atoms with Crippen molar-refractivity contribution in [1.82, 2.24) is 9.80 Å². The van der Waals surface area contributed by atoms with Gasteiger partial charge in [-0.3, -0.25) is 9.80 Å². The van der Waals surface area contributed by atoms with Crippen LogP contribution < -0.4 is 14.2 Å². The molecule has 0 bridgehead atoms. The summed E-state index contributed by atoms with van der Waals surface area (Å²) in [7, 11) is 0. The molecule has 0 aliphatic heterocycles. The van der Waals surface area contributed by atoms with Crippen LogP contribution in [0, 0.1) is 27.7 Å². The van der Waals surface area contributed by atoms with Gasteiger partial charge in [-0.1, -0.05) is 86.6 Å². The topological polar surface area (TPSA) is 34.2 Å². The van der Waals surface area contributed by atoms with E-state index in [-0.39, 0.29) is 12.1 Å². The minimum Gasteiger partial charge on any atom is -0.491 e. The van der Waals surface area contributed by atoms with Gasteiger partial charge in [0.2, 0.25) is 0 Å². The molecule has 2 unspecified atom stereocenters. The van der Waals surface area contributed by atoms with E-state index in [0.29, 0.717) is 13.2 Å². The summed E-state index contributed by atoms with van der Waals surface area (Å²) in [5, 5.41) is 0. The molecule has 0 fully saturated rings. The summed E-state index contributed by atoms with van der Waals surface area (Å²) in [6, 6.07) is 29.9. The third-order valence-corrected chi connectivity index (χ3v) is 8.73. The van der Waals surface area contributed by atoms with Gasteiger partial charge >= 0.3 is 0 Å². The van der Waals surface area contributed by atoms with E-state index in [4.69, 9.17) is 14.2 Å². The maximum Gasteiger partial charge on any atom is 0.131 e. The van der Waals surface area contributed by atoms with E-state index >= 15 is 0 Å². The second-order valence-electron chi connectivity index (χ2n) is 12.2. The van der Waals surface area contributed by atoms with Crippen LogP contribution in [0.5, 0.6) is 23.0 Å². The minimum atomic E-state index is 0.236. The molecule has 0 aromatic heterocycles. The number of aryl methyl sites for hydroxylation is 4. The van der Waals surface area contributed by atoms with Crippen molar-refractivity contribution in [3.63, 3.8) is 0 Å². The van der Waals surface area contributed by atoms with E-state index in [0.717, 1.165) is 60.3 Å². The van der Waals surface area contributed by atoms with Gasteiger partial charge in [-0.25, -0.2) is 0 Å². The largest absolute Gasteiger partial charge is 0.491 e. The highest BCUT2D eigenvalue weighted by Gasteiger charge is 2.19. The molecule has 4 aromatic rings. The first kappa shape index (κ1) is 34.1. The monoisotopic (exact) mass is 608 g/mol. The third kappa shape index (κ3) is 9.12. The smallest absolute Gasteiger partial charge is 0.131 e. The average Bonchev–Trinajstić information content (AvgIpc) is 3.03. The summed E-state index contributed by atoms with van der Waals surface area (Å²) in [4.78, 5) is 4.89. The molecule has 0 aliphatic rings. The van der Waals surface area contributed by atoms with E-state index in [1.54, 1.807) is 0 Å². The zero-order valence-corrected chi connectivity index (χ0v) is 28.6. The summed E-state index contributed by atoms with van der Waals surface area (Å²) < 4.78 is 19.3. The molecule has 0 spiro atoms. The second kappa shape index (κ2) is 16.5. The summed E-state index contributed by atoms with van der Waals surface area (Å²) in [5.74, 6) is 3.77. The molecular formula is C40H52N2O3. The third-order valence-electron chi connectivity index (χ3n) is 8.73. The van der Waals surface area contributed by atoms with Crippen molar-refractivity contribution < 1.29 is 14.2 Å². The Morgan fingerprint density at radius 1 is 0.511 bits per heavy atom. The van der Waals surface area contributed by atoms with Crippen molar-refractivity contribution in [2.75, 3.05) is 26.3 Å². The first-order valence-electron chi connectivity index (χ1n) is 16.4. The van der Waals surface area contributed by atoms with Crippen LogP contribution in [0.25, 0.3) is 0 Å². The van der Waals surface area contributed by atoms with E-state index in [2.05, 4.69) is 150 Å². The van der Waals surface area contributed by atoms with Crippen molar-refractivity contribution in [3.05, 3.63) is 118 Å². The number of hydrogen-bond donors (Lipinski definition) is 0. The standard InChI is InChI=1S/C40H52N2O3/c1-9-41(33(7)27-43-39-29(3)17-15-18-30(39)4)25-35-21-11-13-23-37(35)45-38-24-14-12-22-36(38)26-42(10-2)34(8)28-44-40-31(5)19-16-20-32(40)6/h11-24,33-34H,9-10,25-28H2,1-8H3. The van der Waals surface area contributed by atoms with Gasteiger partial charge in [0.15, 0.2) is 0 Å². The van der Waals surface area contributed by atoms with Gasteiger partial charge in [-0.15, -0.1) is 0 Å². The number of ether oxygens (including phenoxy) is 3. The highest BCUT2D eigenvalue weighted by molar-refractivity contribution is 5.42. The van der Waals surface area contributed by atoms with Crippen molar-refractivity contribution >= 4 is 0 Å². The van der Waals surface area contributed by atoms with E-state index in [9.17, 15) is 0 Å². The molecule has 0 heterocycles. The summed E-state index contributed by atoms with van der Waals surface area (Å²) in [5.41, 5.74) is 7.02. The van der Waals surface area contributed by atoms with Gasteiger partial charge in [-0.2, -0.15) is 0 Å². The number of rotatable bonds is 16. The van der Waals surface area contributed by atoms with E-state index in [1.807, 2.05) is 0 Å². The number of likely N-dealkylation sites (N-methyl/N-ethyl adjacent to an activating group) is 2. The van der Waals surface area contributed by atoms with Crippen molar-refractivity contribution in [3.8, 4) is 23.0 Å². The molecule has 0 saturated heterocycles. The van der Waals surface area contributed by atoms with Gasteiger partial charge in [0.1, 0.15) is 36.2 Å². The number of para-hydroxylation sites is 4. The van der Waals surface area contributed by atoms with Crippen molar-refractivity contribution in [2.24, 2.45) is 0 Å². The Morgan fingerprint density at radius 3 is 1.22 bits per heavy atom. The lowest BCUT2D eigenvalue weighted by Crippen LogP contribution is -2.37. The predicted molar refractivity (Wildman–Crippen MR) is 187 cm³/mol. The van der Waals surface area contributed by atoms with Crippen LogP contribution >= 0.6 is 0 Å². The molecule has 2 atom stereocenters. The average molecular weight is 609 g/mol. The fourth-order valence-electron chi connectivity index (χ4n) is 5.86. The van der Waals surface area contributed by atoms with Crippen LogP contribution in [0.3, 0.4) is 0 Å². The van der Waals surface area contributed by atoms with Gasteiger partial charge in [0, 0.05) is 36.3 Å². The Bertz CT molecular complexity index is 1360. The molecule has 0 radical (unpaired) electrons. The van der Waals surface area contributed by atoms with Gasteiger partial charge in [-0.05, 0) is 89.0 Å². The molecule has 0 amide bonds. The number of nitrogens with zero attached hydrogens (tertiary/aromatic N) is 2.